The highest BCUT2D eigenvalue weighted by Gasteiger charge is 2.23. The summed E-state index contributed by atoms with van der Waals surface area (Å²) in [4.78, 5) is 10.2. The van der Waals surface area contributed by atoms with Crippen LogP contribution in [0.5, 0.6) is 5.75 Å². The lowest BCUT2D eigenvalue weighted by atomic mass is 9.87. The average Bonchev–Trinajstić information content (AvgIpc) is 2.43. The van der Waals surface area contributed by atoms with Gasteiger partial charge in [0.25, 0.3) is 5.69 Å². The molecule has 0 radical (unpaired) electrons. The fourth-order valence-electron chi connectivity index (χ4n) is 1.68. The van der Waals surface area contributed by atoms with Crippen LogP contribution in [0.25, 0.3) is 0 Å². The van der Waals surface area contributed by atoms with Crippen molar-refractivity contribution in [2.24, 2.45) is 16.3 Å². The predicted octanol–water partition coefficient (Wildman–Crippen LogP) is 3.29. The van der Waals surface area contributed by atoms with Crippen LogP contribution in [0.3, 0.4) is 0 Å². The molecule has 1 rings (SSSR count). The number of ether oxygens (including phenoxy) is 1. The van der Waals surface area contributed by atoms with Crippen LogP contribution in [0.15, 0.2) is 27.8 Å². The molecule has 0 aliphatic heterocycles. The molecule has 8 heteroatoms. The Balaban J connectivity index is 2.57. The first kappa shape index (κ1) is 17.2. The Bertz CT molecular complexity index is 546. The number of benzene rings is 1. The number of nitro benzene ring substituents is 1. The van der Waals surface area contributed by atoms with Gasteiger partial charge >= 0.3 is 0 Å². The van der Waals surface area contributed by atoms with E-state index in [1.165, 1.54) is 12.1 Å². The number of halogens is 1. The summed E-state index contributed by atoms with van der Waals surface area (Å²) in [6.45, 7) is 4.11. The van der Waals surface area contributed by atoms with Crippen LogP contribution in [0, 0.1) is 15.5 Å². The maximum atomic E-state index is 10.7. The van der Waals surface area contributed by atoms with Gasteiger partial charge in [0, 0.05) is 11.5 Å². The van der Waals surface area contributed by atoms with Crippen LogP contribution >= 0.6 is 15.9 Å². The van der Waals surface area contributed by atoms with Gasteiger partial charge in [-0.25, -0.2) is 0 Å². The highest BCUT2D eigenvalue weighted by Crippen LogP contribution is 2.30. The summed E-state index contributed by atoms with van der Waals surface area (Å²) in [6, 6.07) is 4.35. The summed E-state index contributed by atoms with van der Waals surface area (Å²) in [5, 5.41) is 22.4. The highest BCUT2D eigenvalue weighted by atomic mass is 79.9. The van der Waals surface area contributed by atoms with Crippen molar-refractivity contribution in [2.45, 2.75) is 26.7 Å². The molecule has 0 atom stereocenters. The molecule has 0 aliphatic carbocycles. The van der Waals surface area contributed by atoms with E-state index in [0.29, 0.717) is 29.7 Å². The SMILES string of the molecule is CC(C)(CCCOc1cc([N+](=O)[O-])ccc1Br)/C(N)=N/O. The lowest BCUT2D eigenvalue weighted by molar-refractivity contribution is -0.385. The number of nitrogens with two attached hydrogens (primary N) is 1. The van der Waals surface area contributed by atoms with Gasteiger partial charge in [0.05, 0.1) is 22.1 Å². The first-order valence-corrected chi connectivity index (χ1v) is 7.12. The van der Waals surface area contributed by atoms with E-state index in [2.05, 4.69) is 21.1 Å². The van der Waals surface area contributed by atoms with Crippen molar-refractivity contribution in [3.05, 3.63) is 32.8 Å². The summed E-state index contributed by atoms with van der Waals surface area (Å²) >= 11 is 3.29. The molecule has 0 aromatic heterocycles. The van der Waals surface area contributed by atoms with Crippen LogP contribution < -0.4 is 10.5 Å². The Morgan fingerprint density at radius 1 is 1.57 bits per heavy atom. The van der Waals surface area contributed by atoms with E-state index in [1.807, 2.05) is 13.8 Å². The van der Waals surface area contributed by atoms with E-state index in [1.54, 1.807) is 6.07 Å². The zero-order valence-electron chi connectivity index (χ0n) is 11.9. The predicted molar refractivity (Wildman–Crippen MR) is 82.7 cm³/mol. The van der Waals surface area contributed by atoms with Crippen LogP contribution in [0.2, 0.25) is 0 Å². The van der Waals surface area contributed by atoms with E-state index in [-0.39, 0.29) is 11.5 Å². The van der Waals surface area contributed by atoms with Gasteiger partial charge in [-0.05, 0) is 34.8 Å². The van der Waals surface area contributed by atoms with Crippen molar-refractivity contribution in [2.75, 3.05) is 6.61 Å². The molecule has 0 aliphatic rings. The monoisotopic (exact) mass is 359 g/mol. The molecule has 0 unspecified atom stereocenters. The first-order chi connectivity index (χ1) is 9.77. The summed E-state index contributed by atoms with van der Waals surface area (Å²) in [5.41, 5.74) is 5.14. The number of hydrogen-bond donors (Lipinski definition) is 2. The number of rotatable bonds is 7. The maximum Gasteiger partial charge on any atom is 0.273 e. The second-order valence-electron chi connectivity index (χ2n) is 5.19. The van der Waals surface area contributed by atoms with Crippen molar-refractivity contribution < 1.29 is 14.9 Å². The largest absolute Gasteiger partial charge is 0.492 e. The second-order valence-corrected chi connectivity index (χ2v) is 6.05. The molecule has 21 heavy (non-hydrogen) atoms. The zero-order valence-corrected chi connectivity index (χ0v) is 13.5. The molecule has 0 fully saturated rings. The zero-order chi connectivity index (χ0) is 16.0. The van der Waals surface area contributed by atoms with Crippen molar-refractivity contribution in [3.63, 3.8) is 0 Å². The van der Waals surface area contributed by atoms with Gasteiger partial charge in [-0.3, -0.25) is 10.1 Å². The van der Waals surface area contributed by atoms with Crippen molar-refractivity contribution in [1.29, 1.82) is 0 Å². The maximum absolute atomic E-state index is 10.7. The molecule has 3 N–H and O–H groups in total. The van der Waals surface area contributed by atoms with Crippen molar-refractivity contribution in [3.8, 4) is 5.75 Å². The molecule has 1 aromatic rings. The minimum absolute atomic E-state index is 0.0230. The summed E-state index contributed by atoms with van der Waals surface area (Å²) in [7, 11) is 0. The third kappa shape index (κ3) is 4.89. The highest BCUT2D eigenvalue weighted by molar-refractivity contribution is 9.10. The smallest absolute Gasteiger partial charge is 0.273 e. The van der Waals surface area contributed by atoms with Gasteiger partial charge in [0.2, 0.25) is 0 Å². The van der Waals surface area contributed by atoms with Gasteiger partial charge in [-0.15, -0.1) is 0 Å². The fraction of sp³-hybridized carbons (Fsp3) is 0.462. The van der Waals surface area contributed by atoms with E-state index in [4.69, 9.17) is 15.7 Å². The van der Waals surface area contributed by atoms with Gasteiger partial charge in [0.1, 0.15) is 11.6 Å². The van der Waals surface area contributed by atoms with Gasteiger partial charge < -0.3 is 15.7 Å². The normalized spacial score (nSPS) is 12.2. The molecule has 0 spiro atoms. The second kappa shape index (κ2) is 7.26. The van der Waals surface area contributed by atoms with Crippen LogP contribution in [-0.2, 0) is 0 Å². The Morgan fingerprint density at radius 3 is 2.81 bits per heavy atom. The molecule has 0 amide bonds. The number of oxime groups is 1. The lowest BCUT2D eigenvalue weighted by Crippen LogP contribution is -2.32. The number of nitro groups is 1. The Kier molecular flexibility index (Phi) is 5.95. The van der Waals surface area contributed by atoms with Crippen LogP contribution in [-0.4, -0.2) is 22.6 Å². The summed E-state index contributed by atoms with van der Waals surface area (Å²) in [6.07, 6.45) is 1.33. The molecule has 7 nitrogen and oxygen atoms in total. The molecule has 0 bridgehead atoms. The molecule has 116 valence electrons. The molecule has 0 saturated heterocycles. The topological polar surface area (TPSA) is 111 Å². The van der Waals surface area contributed by atoms with Crippen LogP contribution in [0.1, 0.15) is 26.7 Å². The molecular formula is C13H18BrN3O4. The van der Waals surface area contributed by atoms with Crippen molar-refractivity contribution in [1.82, 2.24) is 0 Å². The number of amidine groups is 1. The fourth-order valence-corrected chi connectivity index (χ4v) is 2.04. The quantitative estimate of drug-likeness (QED) is 0.194. The van der Waals surface area contributed by atoms with E-state index in [9.17, 15) is 10.1 Å². The van der Waals surface area contributed by atoms with Gasteiger partial charge in [0.15, 0.2) is 0 Å². The minimum atomic E-state index is -0.471. The van der Waals surface area contributed by atoms with E-state index >= 15 is 0 Å². The number of nitrogens with zero attached hydrogens (tertiary/aromatic N) is 2. The van der Waals surface area contributed by atoms with E-state index in [0.717, 1.165) is 0 Å². The van der Waals surface area contributed by atoms with E-state index < -0.39 is 10.3 Å². The molecule has 0 heterocycles. The molecule has 1 aromatic carbocycles. The Hall–Kier alpha value is -1.83. The van der Waals surface area contributed by atoms with Gasteiger partial charge in [-0.2, -0.15) is 0 Å². The summed E-state index contributed by atoms with van der Waals surface area (Å²) in [5.74, 6) is 0.588. The third-order valence-corrected chi connectivity index (χ3v) is 3.79. The number of non-ortho nitro benzene ring substituents is 1. The standard InChI is InChI=1S/C13H18BrN3O4/c1-13(2,12(15)16-18)6-3-7-21-11-8-9(17(19)20)4-5-10(11)14/h4-5,8,18H,3,6-7H2,1-2H3,(H2,15,16). The molecular weight excluding hydrogens is 342 g/mol. The Labute approximate surface area is 131 Å². The average molecular weight is 360 g/mol. The third-order valence-electron chi connectivity index (χ3n) is 3.13. The first-order valence-electron chi connectivity index (χ1n) is 6.32. The van der Waals surface area contributed by atoms with Gasteiger partial charge in [-0.1, -0.05) is 19.0 Å². The van der Waals surface area contributed by atoms with Crippen molar-refractivity contribution >= 4 is 27.5 Å². The number of hydrogen-bond acceptors (Lipinski definition) is 5. The lowest BCUT2D eigenvalue weighted by Gasteiger charge is -2.22. The molecule has 0 saturated carbocycles. The minimum Gasteiger partial charge on any atom is -0.492 e. The Morgan fingerprint density at radius 2 is 2.24 bits per heavy atom. The summed E-state index contributed by atoms with van der Waals surface area (Å²) < 4.78 is 6.20. The van der Waals surface area contributed by atoms with Crippen LogP contribution in [0.4, 0.5) is 5.69 Å².